The molecule has 2 aromatic rings. The lowest BCUT2D eigenvalue weighted by atomic mass is 9.64. The van der Waals surface area contributed by atoms with E-state index < -0.39 is 0 Å². The average Bonchev–Trinajstić information content (AvgIpc) is 2.48. The molecule has 1 aliphatic carbocycles. The molecular formula is C18H23NO2. The van der Waals surface area contributed by atoms with Crippen molar-refractivity contribution in [3.8, 4) is 5.75 Å². The van der Waals surface area contributed by atoms with Gasteiger partial charge in [-0.15, -0.1) is 0 Å². The number of hydrogen-bond donors (Lipinski definition) is 2. The Hall–Kier alpha value is -1.58. The highest BCUT2D eigenvalue weighted by atomic mass is 16.5. The summed E-state index contributed by atoms with van der Waals surface area (Å²) in [4.78, 5) is 0. The van der Waals surface area contributed by atoms with Gasteiger partial charge >= 0.3 is 0 Å². The molecule has 0 spiro atoms. The number of aromatic hydroxyl groups is 1. The minimum atomic E-state index is 0.134. The molecule has 2 N–H and O–H groups in total. The van der Waals surface area contributed by atoms with Crippen molar-refractivity contribution >= 4 is 10.8 Å². The molecule has 0 heterocycles. The fourth-order valence-corrected chi connectivity index (χ4v) is 3.37. The molecule has 2 atom stereocenters. The minimum Gasteiger partial charge on any atom is -0.508 e. The molecule has 21 heavy (non-hydrogen) atoms. The average molecular weight is 285 g/mol. The van der Waals surface area contributed by atoms with Crippen molar-refractivity contribution in [3.05, 3.63) is 42.0 Å². The fraction of sp³-hybridized carbons (Fsp3) is 0.444. The van der Waals surface area contributed by atoms with Gasteiger partial charge in [0.05, 0.1) is 6.10 Å². The Morgan fingerprint density at radius 3 is 2.71 bits per heavy atom. The Balaban J connectivity index is 1.79. The second-order valence-electron chi connectivity index (χ2n) is 6.50. The Morgan fingerprint density at radius 2 is 2.00 bits per heavy atom. The van der Waals surface area contributed by atoms with Gasteiger partial charge in [-0.2, -0.15) is 0 Å². The summed E-state index contributed by atoms with van der Waals surface area (Å²) in [6.45, 7) is 5.13. The number of rotatable bonds is 4. The van der Waals surface area contributed by atoms with Gasteiger partial charge in [0.1, 0.15) is 5.75 Å². The molecule has 1 fully saturated rings. The smallest absolute Gasteiger partial charge is 0.120 e. The van der Waals surface area contributed by atoms with Crippen LogP contribution in [0, 0.1) is 5.41 Å². The van der Waals surface area contributed by atoms with E-state index in [-0.39, 0.29) is 5.41 Å². The van der Waals surface area contributed by atoms with Crippen molar-refractivity contribution in [1.29, 1.82) is 0 Å². The number of nitrogens with one attached hydrogen (secondary N) is 1. The number of benzene rings is 2. The van der Waals surface area contributed by atoms with Crippen molar-refractivity contribution < 1.29 is 9.84 Å². The zero-order valence-electron chi connectivity index (χ0n) is 12.9. The molecule has 3 heteroatoms. The van der Waals surface area contributed by atoms with E-state index >= 15 is 0 Å². The van der Waals surface area contributed by atoms with E-state index in [1.54, 1.807) is 13.2 Å². The third-order valence-corrected chi connectivity index (χ3v) is 5.00. The van der Waals surface area contributed by atoms with E-state index in [4.69, 9.17) is 4.74 Å². The molecule has 0 aliphatic heterocycles. The normalized spacial score (nSPS) is 24.0. The summed E-state index contributed by atoms with van der Waals surface area (Å²) in [6, 6.07) is 12.3. The summed E-state index contributed by atoms with van der Waals surface area (Å²) in [6.07, 6.45) is 1.34. The summed E-state index contributed by atoms with van der Waals surface area (Å²) in [7, 11) is 1.78. The standard InChI is InChI=1S/C18H23NO2/c1-18(2)16(10-17(18)21-3)19-11-14-13-7-5-4-6-12(13)8-9-15(14)20/h4-9,16-17,19-20H,10-11H2,1-3H3. The second kappa shape index (κ2) is 5.32. The van der Waals surface area contributed by atoms with Gasteiger partial charge in [-0.1, -0.05) is 44.2 Å². The van der Waals surface area contributed by atoms with E-state index in [1.165, 1.54) is 0 Å². The Kier molecular flexibility index (Phi) is 3.64. The first-order valence-corrected chi connectivity index (χ1v) is 7.50. The largest absolute Gasteiger partial charge is 0.508 e. The molecule has 3 rings (SSSR count). The second-order valence-corrected chi connectivity index (χ2v) is 6.50. The highest BCUT2D eigenvalue weighted by molar-refractivity contribution is 5.87. The lowest BCUT2D eigenvalue weighted by molar-refractivity contribution is -0.0979. The molecule has 0 aromatic heterocycles. The molecule has 3 nitrogen and oxygen atoms in total. The van der Waals surface area contributed by atoms with Crippen LogP contribution in [0.25, 0.3) is 10.8 Å². The maximum Gasteiger partial charge on any atom is 0.120 e. The van der Waals surface area contributed by atoms with Crippen LogP contribution in [0.15, 0.2) is 36.4 Å². The van der Waals surface area contributed by atoms with Gasteiger partial charge in [-0.05, 0) is 23.3 Å². The van der Waals surface area contributed by atoms with Gasteiger partial charge in [-0.25, -0.2) is 0 Å². The first-order chi connectivity index (χ1) is 10.0. The van der Waals surface area contributed by atoms with Crippen molar-refractivity contribution in [2.24, 2.45) is 5.41 Å². The molecule has 0 saturated heterocycles. The third-order valence-electron chi connectivity index (χ3n) is 5.00. The van der Waals surface area contributed by atoms with Gasteiger partial charge in [-0.3, -0.25) is 0 Å². The maximum absolute atomic E-state index is 10.2. The summed E-state index contributed by atoms with van der Waals surface area (Å²) >= 11 is 0. The van der Waals surface area contributed by atoms with Crippen LogP contribution < -0.4 is 5.32 Å². The van der Waals surface area contributed by atoms with Crippen LogP contribution in [0.1, 0.15) is 25.8 Å². The van der Waals surface area contributed by atoms with E-state index in [1.807, 2.05) is 18.2 Å². The van der Waals surface area contributed by atoms with E-state index in [2.05, 4.69) is 31.3 Å². The van der Waals surface area contributed by atoms with Crippen molar-refractivity contribution in [2.75, 3.05) is 7.11 Å². The van der Waals surface area contributed by atoms with Crippen LogP contribution in [-0.2, 0) is 11.3 Å². The summed E-state index contributed by atoms with van der Waals surface area (Å²) in [5.41, 5.74) is 1.11. The Morgan fingerprint density at radius 1 is 1.24 bits per heavy atom. The van der Waals surface area contributed by atoms with Gasteiger partial charge in [0.2, 0.25) is 0 Å². The number of ether oxygens (including phenoxy) is 1. The molecule has 0 bridgehead atoms. The fourth-order valence-electron chi connectivity index (χ4n) is 3.37. The zero-order chi connectivity index (χ0) is 15.0. The number of fused-ring (bicyclic) bond motifs is 1. The maximum atomic E-state index is 10.2. The lowest BCUT2D eigenvalue weighted by Gasteiger charge is -2.51. The van der Waals surface area contributed by atoms with E-state index in [0.717, 1.165) is 22.8 Å². The van der Waals surface area contributed by atoms with Crippen LogP contribution >= 0.6 is 0 Å². The summed E-state index contributed by atoms with van der Waals surface area (Å²) in [5, 5.41) is 16.0. The van der Waals surface area contributed by atoms with E-state index in [9.17, 15) is 5.11 Å². The molecule has 2 unspecified atom stereocenters. The van der Waals surface area contributed by atoms with Crippen LogP contribution in [0.2, 0.25) is 0 Å². The predicted octanol–water partition coefficient (Wildman–Crippen LogP) is 3.45. The monoisotopic (exact) mass is 285 g/mol. The van der Waals surface area contributed by atoms with Crippen molar-refractivity contribution in [1.82, 2.24) is 5.32 Å². The number of hydrogen-bond acceptors (Lipinski definition) is 3. The quantitative estimate of drug-likeness (QED) is 0.904. The number of phenols is 1. The highest BCUT2D eigenvalue weighted by Crippen LogP contribution is 2.42. The molecule has 2 aromatic carbocycles. The van der Waals surface area contributed by atoms with Crippen LogP contribution in [0.5, 0.6) is 5.75 Å². The third kappa shape index (κ3) is 2.41. The number of phenolic OH excluding ortho intramolecular Hbond substituents is 1. The predicted molar refractivity (Wildman–Crippen MR) is 85.4 cm³/mol. The van der Waals surface area contributed by atoms with E-state index in [0.29, 0.717) is 24.4 Å². The molecular weight excluding hydrogens is 262 g/mol. The summed E-state index contributed by atoms with van der Waals surface area (Å²) < 4.78 is 5.49. The molecule has 0 amide bonds. The number of methoxy groups -OCH3 is 1. The van der Waals surface area contributed by atoms with Crippen LogP contribution in [-0.4, -0.2) is 24.4 Å². The summed E-state index contributed by atoms with van der Waals surface area (Å²) in [5.74, 6) is 0.363. The van der Waals surface area contributed by atoms with Crippen LogP contribution in [0.4, 0.5) is 0 Å². The van der Waals surface area contributed by atoms with Gasteiger partial charge < -0.3 is 15.2 Å². The minimum absolute atomic E-state index is 0.134. The van der Waals surface area contributed by atoms with Gasteiger partial charge in [0.15, 0.2) is 0 Å². The Labute approximate surface area is 125 Å². The van der Waals surface area contributed by atoms with Crippen LogP contribution in [0.3, 0.4) is 0 Å². The highest BCUT2D eigenvalue weighted by Gasteiger charge is 2.48. The molecule has 1 saturated carbocycles. The lowest BCUT2D eigenvalue weighted by Crippen LogP contribution is -2.60. The molecule has 1 aliphatic rings. The van der Waals surface area contributed by atoms with Gasteiger partial charge in [0, 0.05) is 30.7 Å². The molecule has 112 valence electrons. The Bertz CT molecular complexity index is 651. The first kappa shape index (κ1) is 14.4. The van der Waals surface area contributed by atoms with Gasteiger partial charge in [0.25, 0.3) is 0 Å². The zero-order valence-corrected chi connectivity index (χ0v) is 12.9. The molecule has 0 radical (unpaired) electrons. The topological polar surface area (TPSA) is 41.5 Å². The van der Waals surface area contributed by atoms with Crippen molar-refractivity contribution in [3.63, 3.8) is 0 Å². The first-order valence-electron chi connectivity index (χ1n) is 7.50. The SMILES string of the molecule is COC1CC(NCc2c(O)ccc3ccccc23)C1(C)C. The van der Waals surface area contributed by atoms with Crippen molar-refractivity contribution in [2.45, 2.75) is 39.0 Å².